The summed E-state index contributed by atoms with van der Waals surface area (Å²) in [5.41, 5.74) is 5.06. The standard InChI is InChI=1S/C36H28N2/c1-21-23(3)37(27-11-7-5-8-12-27)35-29-17-16-26-20-32-22(2)24(4)38(28-13-9-6-10-14-28)36(32)30-18-15-25(19-31(21)35)33(29)34(26)30/h5-20H,1-4H3/i5D,6D,7D,8D,9D,10D,11D,12D,13D,14D. The molecule has 8 rings (SSSR count). The summed E-state index contributed by atoms with van der Waals surface area (Å²) in [5, 5.41) is 7.28. The molecule has 0 saturated heterocycles. The molecule has 0 aliphatic heterocycles. The Morgan fingerprint density at radius 1 is 0.500 bits per heavy atom. The average Bonchev–Trinajstić information content (AvgIpc) is 3.47. The van der Waals surface area contributed by atoms with Crippen molar-refractivity contribution >= 4 is 54.1 Å². The fourth-order valence-electron chi connectivity index (χ4n) is 6.31. The Balaban J connectivity index is 1.58. The van der Waals surface area contributed by atoms with Crippen molar-refractivity contribution in [2.75, 3.05) is 0 Å². The van der Waals surface area contributed by atoms with Crippen LogP contribution in [0.4, 0.5) is 0 Å². The number of aromatic nitrogens is 2. The second-order valence-electron chi connectivity index (χ2n) is 10.0. The normalized spacial score (nSPS) is 15.9. The molecule has 0 aliphatic rings. The van der Waals surface area contributed by atoms with Gasteiger partial charge in [-0.2, -0.15) is 0 Å². The lowest BCUT2D eigenvalue weighted by Crippen LogP contribution is -1.98. The zero-order valence-electron chi connectivity index (χ0n) is 31.4. The molecule has 38 heavy (non-hydrogen) atoms. The van der Waals surface area contributed by atoms with E-state index in [1.165, 1.54) is 0 Å². The maximum absolute atomic E-state index is 8.80. The number of hydrogen-bond donors (Lipinski definition) is 0. The van der Waals surface area contributed by atoms with Crippen LogP contribution in [0.15, 0.2) is 96.8 Å². The Kier molecular flexibility index (Phi) is 2.73. The molecular formula is C36H28N2. The SMILES string of the molecule is [2H]c1c([2H])c([2H])c(-n2c(C)c(C)c3cc4ccc5c6c(ccc(c46)c32)cc2c(C)c(C)n(-c3c([2H])c([2H])c([2H])c([2H])c3[2H])c25)c([2H])c1[2H]. The lowest BCUT2D eigenvalue weighted by Gasteiger charge is -2.16. The Morgan fingerprint density at radius 3 is 1.29 bits per heavy atom. The van der Waals surface area contributed by atoms with E-state index in [4.69, 9.17) is 13.7 Å². The fourth-order valence-corrected chi connectivity index (χ4v) is 6.31. The summed E-state index contributed by atoms with van der Waals surface area (Å²) in [6.45, 7) is 7.74. The minimum atomic E-state index is -0.446. The molecule has 0 amide bonds. The van der Waals surface area contributed by atoms with Crippen LogP contribution in [0.25, 0.3) is 65.5 Å². The second kappa shape index (κ2) is 7.49. The maximum Gasteiger partial charge on any atom is 0.0645 e. The summed E-state index contributed by atoms with van der Waals surface area (Å²) in [4.78, 5) is 0. The van der Waals surface area contributed by atoms with Crippen molar-refractivity contribution in [3.8, 4) is 11.4 Å². The largest absolute Gasteiger partial charge is 0.313 e. The molecule has 0 atom stereocenters. The van der Waals surface area contributed by atoms with Crippen molar-refractivity contribution in [2.45, 2.75) is 27.7 Å². The van der Waals surface area contributed by atoms with E-state index in [0.717, 1.165) is 76.6 Å². The first-order valence-electron chi connectivity index (χ1n) is 17.6. The quantitative estimate of drug-likeness (QED) is 0.210. The molecular weight excluding hydrogens is 460 g/mol. The van der Waals surface area contributed by atoms with Gasteiger partial charge in [-0.25, -0.2) is 0 Å². The fraction of sp³-hybridized carbons (Fsp3) is 0.111. The van der Waals surface area contributed by atoms with Crippen LogP contribution in [0.2, 0.25) is 0 Å². The van der Waals surface area contributed by atoms with E-state index in [2.05, 4.69) is 12.1 Å². The summed E-state index contributed by atoms with van der Waals surface area (Å²) >= 11 is 0. The summed E-state index contributed by atoms with van der Waals surface area (Å²) in [6, 6.07) is 8.67. The second-order valence-corrected chi connectivity index (χ2v) is 10.0. The smallest absolute Gasteiger partial charge is 0.0645 e. The number of rotatable bonds is 2. The first-order valence-corrected chi connectivity index (χ1v) is 12.6. The summed E-state index contributed by atoms with van der Waals surface area (Å²) in [7, 11) is 0. The van der Waals surface area contributed by atoms with Gasteiger partial charge in [0.1, 0.15) is 0 Å². The van der Waals surface area contributed by atoms with E-state index in [0.29, 0.717) is 0 Å². The van der Waals surface area contributed by atoms with E-state index in [1.807, 2.05) is 52.0 Å². The van der Waals surface area contributed by atoms with Crippen LogP contribution < -0.4 is 0 Å². The molecule has 6 aromatic carbocycles. The van der Waals surface area contributed by atoms with Gasteiger partial charge in [0.15, 0.2) is 0 Å². The monoisotopic (exact) mass is 498 g/mol. The molecule has 2 heteroatoms. The predicted octanol–water partition coefficient (Wildman–Crippen LogP) is 9.71. The number of aryl methyl sites for hydroxylation is 2. The molecule has 0 fully saturated rings. The van der Waals surface area contributed by atoms with Crippen LogP contribution in [0.1, 0.15) is 36.2 Å². The van der Waals surface area contributed by atoms with Crippen LogP contribution in [0, 0.1) is 27.7 Å². The first-order chi connectivity index (χ1) is 22.7. The highest BCUT2D eigenvalue weighted by Gasteiger charge is 2.22. The molecule has 8 aromatic rings. The van der Waals surface area contributed by atoms with E-state index >= 15 is 0 Å². The molecule has 2 aromatic heterocycles. The molecule has 0 radical (unpaired) electrons. The van der Waals surface area contributed by atoms with Crippen molar-refractivity contribution in [1.82, 2.24) is 9.13 Å². The first kappa shape index (κ1) is 13.8. The molecule has 0 spiro atoms. The molecule has 0 aliphatic carbocycles. The maximum atomic E-state index is 8.80. The van der Waals surface area contributed by atoms with Gasteiger partial charge in [-0.1, -0.05) is 60.5 Å². The van der Waals surface area contributed by atoms with E-state index in [-0.39, 0.29) is 35.5 Å². The van der Waals surface area contributed by atoms with Crippen molar-refractivity contribution in [3.05, 3.63) is 119 Å². The highest BCUT2D eigenvalue weighted by molar-refractivity contribution is 6.32. The van der Waals surface area contributed by atoms with Crippen LogP contribution in [0.3, 0.4) is 0 Å². The van der Waals surface area contributed by atoms with Crippen LogP contribution in [0.5, 0.6) is 0 Å². The van der Waals surface area contributed by atoms with Crippen LogP contribution >= 0.6 is 0 Å². The van der Waals surface area contributed by atoms with Gasteiger partial charge >= 0.3 is 0 Å². The van der Waals surface area contributed by atoms with E-state index < -0.39 is 36.3 Å². The lowest BCUT2D eigenvalue weighted by molar-refractivity contribution is 1.04. The minimum Gasteiger partial charge on any atom is -0.313 e. The van der Waals surface area contributed by atoms with Gasteiger partial charge in [0.2, 0.25) is 0 Å². The van der Waals surface area contributed by atoms with Gasteiger partial charge in [0.25, 0.3) is 0 Å². The van der Waals surface area contributed by atoms with Crippen molar-refractivity contribution in [1.29, 1.82) is 0 Å². The van der Waals surface area contributed by atoms with E-state index in [9.17, 15) is 0 Å². The zero-order chi connectivity index (χ0) is 34.4. The van der Waals surface area contributed by atoms with E-state index in [1.54, 1.807) is 9.13 Å². The Bertz CT molecular complexity index is 2520. The Morgan fingerprint density at radius 2 is 0.895 bits per heavy atom. The highest BCUT2D eigenvalue weighted by Crippen LogP contribution is 2.45. The molecule has 182 valence electrons. The van der Waals surface area contributed by atoms with Gasteiger partial charge in [0, 0.05) is 44.3 Å². The third-order valence-corrected chi connectivity index (χ3v) is 8.28. The topological polar surface area (TPSA) is 9.86 Å². The summed E-state index contributed by atoms with van der Waals surface area (Å²) in [6.07, 6.45) is 0. The predicted molar refractivity (Wildman–Crippen MR) is 163 cm³/mol. The molecule has 2 nitrogen and oxygen atoms in total. The van der Waals surface area contributed by atoms with Gasteiger partial charge in [-0.15, -0.1) is 0 Å². The van der Waals surface area contributed by atoms with Crippen molar-refractivity contribution < 1.29 is 13.7 Å². The molecule has 0 N–H and O–H groups in total. The Labute approximate surface area is 235 Å². The number of hydrogen-bond acceptors (Lipinski definition) is 0. The number of benzene rings is 6. The third kappa shape index (κ3) is 2.62. The minimum absolute atomic E-state index is 0.0929. The van der Waals surface area contributed by atoms with Crippen LogP contribution in [-0.4, -0.2) is 9.13 Å². The van der Waals surface area contributed by atoms with Gasteiger partial charge in [-0.05, 0) is 96.7 Å². The zero-order valence-corrected chi connectivity index (χ0v) is 21.4. The van der Waals surface area contributed by atoms with Crippen LogP contribution in [-0.2, 0) is 0 Å². The summed E-state index contributed by atoms with van der Waals surface area (Å²) in [5.74, 6) is 0. The molecule has 0 saturated carbocycles. The van der Waals surface area contributed by atoms with Crippen molar-refractivity contribution in [3.63, 3.8) is 0 Å². The number of para-hydroxylation sites is 2. The van der Waals surface area contributed by atoms with Gasteiger partial charge < -0.3 is 9.13 Å². The highest BCUT2D eigenvalue weighted by atomic mass is 15.0. The van der Waals surface area contributed by atoms with Gasteiger partial charge in [0.05, 0.1) is 24.7 Å². The number of fused-ring (bicyclic) bond motifs is 4. The average molecular weight is 499 g/mol. The molecule has 0 bridgehead atoms. The lowest BCUT2D eigenvalue weighted by atomic mass is 9.91. The summed E-state index contributed by atoms with van der Waals surface area (Å²) < 4.78 is 88.6. The molecule has 0 unspecified atom stereocenters. The molecule has 2 heterocycles. The Hall–Kier alpha value is -4.56. The number of nitrogens with zero attached hydrogens (tertiary/aromatic N) is 2. The third-order valence-electron chi connectivity index (χ3n) is 8.28. The van der Waals surface area contributed by atoms with Gasteiger partial charge in [-0.3, -0.25) is 0 Å². The van der Waals surface area contributed by atoms with Crippen molar-refractivity contribution in [2.24, 2.45) is 0 Å².